The number of anilines is 1. The monoisotopic (exact) mass is 591 g/mol. The van der Waals surface area contributed by atoms with Crippen LogP contribution in [0, 0.1) is 6.92 Å². The van der Waals surface area contributed by atoms with Crippen LogP contribution in [-0.4, -0.2) is 37.5 Å². The Balaban J connectivity index is 0.00000400. The summed E-state index contributed by atoms with van der Waals surface area (Å²) in [6.45, 7) is 2.87. The molecule has 1 aromatic heterocycles. The second-order valence-corrected chi connectivity index (χ2v) is 12.1. The number of hydrogen-bond donors (Lipinski definition) is 3. The number of halogens is 2. The van der Waals surface area contributed by atoms with Gasteiger partial charge >= 0.3 is 0 Å². The minimum atomic E-state index is -3.80. The second kappa shape index (κ2) is 13.3. The summed E-state index contributed by atoms with van der Waals surface area (Å²) >= 11 is 7.32. The number of carbonyl (C=O) groups excluding carboxylic acids is 1. The molecule has 1 heterocycles. The molecule has 11 heteroatoms. The van der Waals surface area contributed by atoms with Crippen LogP contribution in [0.15, 0.2) is 88.8 Å². The van der Waals surface area contributed by atoms with Crippen molar-refractivity contribution in [3.63, 3.8) is 0 Å². The Morgan fingerprint density at radius 2 is 1.79 bits per heavy atom. The van der Waals surface area contributed by atoms with Gasteiger partial charge < -0.3 is 10.4 Å². The molecule has 0 fully saturated rings. The zero-order chi connectivity index (χ0) is 26.4. The molecule has 38 heavy (non-hydrogen) atoms. The van der Waals surface area contributed by atoms with Crippen LogP contribution in [0.25, 0.3) is 0 Å². The summed E-state index contributed by atoms with van der Waals surface area (Å²) in [6.07, 6.45) is 1.65. The topological polar surface area (TPSA) is 108 Å². The van der Waals surface area contributed by atoms with Crippen molar-refractivity contribution in [1.29, 1.82) is 0 Å². The van der Waals surface area contributed by atoms with E-state index in [2.05, 4.69) is 15.6 Å². The molecule has 0 aliphatic carbocycles. The molecular formula is C27H27Cl2N3O4S2. The number of nitrogens with one attached hydrogen (secondary N) is 2. The van der Waals surface area contributed by atoms with E-state index in [-0.39, 0.29) is 27.8 Å². The summed E-state index contributed by atoms with van der Waals surface area (Å²) in [6, 6.07) is 19.7. The number of hydrogen-bond acceptors (Lipinski definition) is 7. The predicted octanol–water partition coefficient (Wildman–Crippen LogP) is 5.48. The van der Waals surface area contributed by atoms with Gasteiger partial charge in [-0.1, -0.05) is 41.9 Å². The van der Waals surface area contributed by atoms with E-state index in [1.54, 1.807) is 60.8 Å². The number of nitrogens with zero attached hydrogens (tertiary/aromatic N) is 1. The van der Waals surface area contributed by atoms with Gasteiger partial charge in [0.15, 0.2) is 5.13 Å². The van der Waals surface area contributed by atoms with Crippen LogP contribution in [0.3, 0.4) is 0 Å². The Morgan fingerprint density at radius 3 is 2.47 bits per heavy atom. The van der Waals surface area contributed by atoms with Crippen LogP contribution < -0.4 is 10.6 Å². The largest absolute Gasteiger partial charge is 0.387 e. The number of aryl methyl sites for hydroxylation is 1. The highest BCUT2D eigenvalue weighted by Gasteiger charge is 2.19. The normalized spacial score (nSPS) is 12.0. The molecule has 0 spiro atoms. The minimum Gasteiger partial charge on any atom is -0.387 e. The van der Waals surface area contributed by atoms with Crippen LogP contribution in [0.4, 0.5) is 5.13 Å². The fourth-order valence-corrected chi connectivity index (χ4v) is 5.83. The Morgan fingerprint density at radius 1 is 1.05 bits per heavy atom. The number of aliphatic hydroxyl groups is 1. The molecular weight excluding hydrogens is 565 g/mol. The molecule has 200 valence electrons. The van der Waals surface area contributed by atoms with Gasteiger partial charge in [0.2, 0.25) is 9.84 Å². The molecule has 1 atom stereocenters. The molecule has 3 N–H and O–H groups in total. The Kier molecular flexibility index (Phi) is 10.4. The third kappa shape index (κ3) is 7.63. The summed E-state index contributed by atoms with van der Waals surface area (Å²) in [4.78, 5) is 17.8. The van der Waals surface area contributed by atoms with Crippen molar-refractivity contribution in [2.24, 2.45) is 0 Å². The van der Waals surface area contributed by atoms with Crippen molar-refractivity contribution in [2.75, 3.05) is 18.4 Å². The van der Waals surface area contributed by atoms with Crippen LogP contribution in [0.2, 0.25) is 5.02 Å². The summed E-state index contributed by atoms with van der Waals surface area (Å²) in [5.74, 6) is -0.422. The van der Waals surface area contributed by atoms with Gasteiger partial charge in [0, 0.05) is 28.2 Å². The van der Waals surface area contributed by atoms with Crippen molar-refractivity contribution >= 4 is 56.2 Å². The van der Waals surface area contributed by atoms with Crippen LogP contribution in [0.5, 0.6) is 0 Å². The fraction of sp³-hybridized carbons (Fsp3) is 0.185. The predicted molar refractivity (Wildman–Crippen MR) is 153 cm³/mol. The molecule has 0 saturated heterocycles. The maximum absolute atomic E-state index is 13.2. The molecule has 0 saturated carbocycles. The lowest BCUT2D eigenvalue weighted by Crippen LogP contribution is -2.23. The van der Waals surface area contributed by atoms with E-state index in [4.69, 9.17) is 11.6 Å². The van der Waals surface area contributed by atoms with Gasteiger partial charge in [-0.05, 0) is 73.5 Å². The number of benzene rings is 3. The highest BCUT2D eigenvalue weighted by Crippen LogP contribution is 2.24. The average Bonchev–Trinajstić information content (AvgIpc) is 3.31. The number of carbonyl (C=O) groups is 1. The maximum Gasteiger partial charge on any atom is 0.257 e. The third-order valence-corrected chi connectivity index (χ3v) is 8.47. The Hall–Kier alpha value is -2.79. The quantitative estimate of drug-likeness (QED) is 0.211. The van der Waals surface area contributed by atoms with E-state index in [0.29, 0.717) is 29.7 Å². The summed E-state index contributed by atoms with van der Waals surface area (Å²) in [5.41, 5.74) is 1.93. The van der Waals surface area contributed by atoms with E-state index in [1.165, 1.54) is 23.5 Å². The number of aromatic nitrogens is 1. The summed E-state index contributed by atoms with van der Waals surface area (Å²) < 4.78 is 26.4. The van der Waals surface area contributed by atoms with E-state index < -0.39 is 21.8 Å². The van der Waals surface area contributed by atoms with Gasteiger partial charge in [-0.3, -0.25) is 10.1 Å². The second-order valence-electron chi connectivity index (χ2n) is 8.43. The molecule has 0 aliphatic heterocycles. The molecule has 0 aliphatic rings. The van der Waals surface area contributed by atoms with Gasteiger partial charge in [-0.2, -0.15) is 0 Å². The van der Waals surface area contributed by atoms with E-state index >= 15 is 0 Å². The Bertz CT molecular complexity index is 1490. The average molecular weight is 593 g/mol. The summed E-state index contributed by atoms with van der Waals surface area (Å²) in [5, 5.41) is 17.2. The van der Waals surface area contributed by atoms with Gasteiger partial charge in [0.05, 0.1) is 15.9 Å². The molecule has 4 rings (SSSR count). The number of sulfone groups is 1. The highest BCUT2D eigenvalue weighted by atomic mass is 35.5. The molecule has 3 aromatic carbocycles. The van der Waals surface area contributed by atoms with Gasteiger partial charge in [-0.25, -0.2) is 13.4 Å². The lowest BCUT2D eigenvalue weighted by molar-refractivity contribution is 0.102. The first-order valence-corrected chi connectivity index (χ1v) is 14.2. The lowest BCUT2D eigenvalue weighted by atomic mass is 10.1. The minimum absolute atomic E-state index is 0. The molecule has 1 amide bonds. The zero-order valence-corrected chi connectivity index (χ0v) is 23.6. The third-order valence-electron chi connectivity index (χ3n) is 5.64. The number of thiazole rings is 1. The molecule has 0 bridgehead atoms. The maximum atomic E-state index is 13.2. The zero-order valence-electron chi connectivity index (χ0n) is 20.4. The fourth-order valence-electron chi connectivity index (χ4n) is 3.66. The number of amides is 1. The van der Waals surface area contributed by atoms with Gasteiger partial charge in [0.1, 0.15) is 0 Å². The summed E-state index contributed by atoms with van der Waals surface area (Å²) in [7, 11) is -3.80. The van der Waals surface area contributed by atoms with E-state index in [1.807, 2.05) is 13.0 Å². The smallest absolute Gasteiger partial charge is 0.257 e. The van der Waals surface area contributed by atoms with Crippen molar-refractivity contribution in [1.82, 2.24) is 10.3 Å². The van der Waals surface area contributed by atoms with E-state index in [9.17, 15) is 18.3 Å². The molecule has 0 radical (unpaired) electrons. The van der Waals surface area contributed by atoms with Crippen LogP contribution in [-0.2, 0) is 16.3 Å². The van der Waals surface area contributed by atoms with Crippen LogP contribution >= 0.6 is 35.3 Å². The standard InChI is InChI=1S/C27H26ClN3O4S2.ClH/c1-18-16-30-27(36-18)31-26(33)21-5-3-7-24(15-21)37(34,35)23-10-8-19(9-11-23)12-13-29-17-25(32)20-4-2-6-22(28)14-20;/h2-11,14-16,25,29,32H,12-13,17H2,1H3,(H,30,31,33);1H/t25-;/m0./s1. The van der Waals surface area contributed by atoms with Gasteiger partial charge in [-0.15, -0.1) is 23.7 Å². The molecule has 4 aromatic rings. The SMILES string of the molecule is Cc1cnc(NC(=O)c2cccc(S(=O)(=O)c3ccc(CCNC[C@H](O)c4cccc(Cl)c4)cc3)c2)s1.Cl. The van der Waals surface area contributed by atoms with Crippen molar-refractivity contribution in [3.05, 3.63) is 106 Å². The molecule has 0 unspecified atom stereocenters. The number of rotatable bonds is 10. The first kappa shape index (κ1) is 29.8. The van der Waals surface area contributed by atoms with Gasteiger partial charge in [0.25, 0.3) is 5.91 Å². The van der Waals surface area contributed by atoms with E-state index in [0.717, 1.165) is 16.0 Å². The van der Waals surface area contributed by atoms with Crippen molar-refractivity contribution in [3.8, 4) is 0 Å². The van der Waals surface area contributed by atoms with Crippen molar-refractivity contribution < 1.29 is 18.3 Å². The molecule has 7 nitrogen and oxygen atoms in total. The number of aliphatic hydroxyl groups excluding tert-OH is 1. The highest BCUT2D eigenvalue weighted by molar-refractivity contribution is 7.91. The first-order chi connectivity index (χ1) is 17.7. The lowest BCUT2D eigenvalue weighted by Gasteiger charge is -2.13. The van der Waals surface area contributed by atoms with Crippen molar-refractivity contribution in [2.45, 2.75) is 29.2 Å². The van der Waals surface area contributed by atoms with Crippen LogP contribution in [0.1, 0.15) is 32.5 Å². The first-order valence-electron chi connectivity index (χ1n) is 11.5. The Labute approximate surface area is 237 Å².